The van der Waals surface area contributed by atoms with Crippen LogP contribution in [0.1, 0.15) is 57.8 Å². The van der Waals surface area contributed by atoms with E-state index in [9.17, 15) is 4.79 Å². The van der Waals surface area contributed by atoms with Gasteiger partial charge in [0.15, 0.2) is 6.61 Å². The molecular weight excluding hydrogens is 371 g/mol. The third-order valence-corrected chi connectivity index (χ3v) is 6.61. The molecule has 1 spiro atoms. The molecule has 1 aromatic carbocycles. The van der Waals surface area contributed by atoms with E-state index in [-0.39, 0.29) is 18.1 Å². The molecule has 2 saturated carbocycles. The van der Waals surface area contributed by atoms with Gasteiger partial charge in [-0.25, -0.2) is 5.01 Å². The molecule has 140 valence electrons. The summed E-state index contributed by atoms with van der Waals surface area (Å²) in [5, 5.41) is 7.56. The number of nitrogens with zero attached hydrogens (tertiary/aromatic N) is 2. The number of amides is 1. The molecule has 0 saturated heterocycles. The van der Waals surface area contributed by atoms with Gasteiger partial charge in [-0.15, -0.1) is 0 Å². The van der Waals surface area contributed by atoms with Crippen LogP contribution in [0.4, 0.5) is 0 Å². The van der Waals surface area contributed by atoms with Crippen LogP contribution < -0.4 is 4.74 Å². The van der Waals surface area contributed by atoms with Gasteiger partial charge >= 0.3 is 0 Å². The van der Waals surface area contributed by atoms with E-state index in [0.717, 1.165) is 25.7 Å². The van der Waals surface area contributed by atoms with Crippen molar-refractivity contribution in [2.24, 2.45) is 11.0 Å². The van der Waals surface area contributed by atoms with Crippen LogP contribution in [0.5, 0.6) is 5.75 Å². The fraction of sp³-hybridized carbons (Fsp3) is 0.600. The number of carbonyl (C=O) groups excluding carboxylic acids is 1. The van der Waals surface area contributed by atoms with Crippen molar-refractivity contribution in [3.8, 4) is 5.75 Å². The SMILES string of the molecule is O=C(COc1ccc(Cl)cc1Cl)N1N=C2CCCC[C@H]2C12CCCCC2. The number of carbonyl (C=O) groups is 1. The van der Waals surface area contributed by atoms with Crippen LogP contribution in [0.25, 0.3) is 0 Å². The molecule has 0 N–H and O–H groups in total. The summed E-state index contributed by atoms with van der Waals surface area (Å²) in [6.07, 6.45) is 10.3. The molecule has 4 nitrogen and oxygen atoms in total. The Morgan fingerprint density at radius 3 is 2.77 bits per heavy atom. The maximum absolute atomic E-state index is 13.0. The molecule has 0 aromatic heterocycles. The molecule has 1 heterocycles. The molecule has 1 atom stereocenters. The number of hydrogen-bond acceptors (Lipinski definition) is 3. The minimum absolute atomic E-state index is 0.0490. The standard InChI is InChI=1S/C20H24Cl2N2O2/c21-14-8-9-18(16(22)12-14)26-13-19(25)24-20(10-4-1-5-11-20)15-6-2-3-7-17(15)23-24/h8-9,12,15H,1-7,10-11,13H2/t15-/m1/s1. The van der Waals surface area contributed by atoms with Gasteiger partial charge in [0.2, 0.25) is 0 Å². The fourth-order valence-corrected chi connectivity index (χ4v) is 5.35. The highest BCUT2D eigenvalue weighted by atomic mass is 35.5. The highest BCUT2D eigenvalue weighted by Gasteiger charge is 2.53. The molecular formula is C20H24Cl2N2O2. The van der Waals surface area contributed by atoms with Crippen molar-refractivity contribution >= 4 is 34.8 Å². The summed E-state index contributed by atoms with van der Waals surface area (Å²) in [6, 6.07) is 5.03. The monoisotopic (exact) mass is 394 g/mol. The highest BCUT2D eigenvalue weighted by molar-refractivity contribution is 6.35. The van der Waals surface area contributed by atoms with E-state index in [0.29, 0.717) is 21.7 Å². The first kappa shape index (κ1) is 18.1. The lowest BCUT2D eigenvalue weighted by Crippen LogP contribution is -2.53. The summed E-state index contributed by atoms with van der Waals surface area (Å²) in [7, 11) is 0. The smallest absolute Gasteiger partial charge is 0.281 e. The van der Waals surface area contributed by atoms with Gasteiger partial charge in [-0.3, -0.25) is 4.79 Å². The first-order valence-electron chi connectivity index (χ1n) is 9.58. The zero-order chi connectivity index (χ0) is 18.1. The molecule has 4 rings (SSSR count). The average molecular weight is 395 g/mol. The van der Waals surface area contributed by atoms with E-state index in [1.165, 1.54) is 37.8 Å². The molecule has 0 bridgehead atoms. The molecule has 3 aliphatic rings. The molecule has 1 aromatic rings. The highest BCUT2D eigenvalue weighted by Crippen LogP contribution is 2.48. The van der Waals surface area contributed by atoms with Gasteiger partial charge in [0, 0.05) is 16.7 Å². The van der Waals surface area contributed by atoms with Crippen LogP contribution in [0.2, 0.25) is 10.0 Å². The lowest BCUT2D eigenvalue weighted by molar-refractivity contribution is -0.141. The van der Waals surface area contributed by atoms with Crippen molar-refractivity contribution in [1.29, 1.82) is 0 Å². The van der Waals surface area contributed by atoms with Gasteiger partial charge in [-0.2, -0.15) is 5.10 Å². The third kappa shape index (κ3) is 3.22. The summed E-state index contributed by atoms with van der Waals surface area (Å²) in [5.41, 5.74) is 1.12. The van der Waals surface area contributed by atoms with Crippen molar-refractivity contribution < 1.29 is 9.53 Å². The Balaban J connectivity index is 1.52. The van der Waals surface area contributed by atoms with E-state index in [1.807, 2.05) is 0 Å². The van der Waals surface area contributed by atoms with Crippen LogP contribution in [-0.2, 0) is 4.79 Å². The molecule has 1 amide bonds. The van der Waals surface area contributed by atoms with Crippen molar-refractivity contribution in [2.75, 3.05) is 6.61 Å². The van der Waals surface area contributed by atoms with Crippen LogP contribution in [0.3, 0.4) is 0 Å². The fourth-order valence-electron chi connectivity index (χ4n) is 4.89. The van der Waals surface area contributed by atoms with Crippen molar-refractivity contribution in [3.63, 3.8) is 0 Å². The number of hydrogen-bond donors (Lipinski definition) is 0. The molecule has 0 unspecified atom stereocenters. The third-order valence-electron chi connectivity index (χ3n) is 6.08. The van der Waals surface area contributed by atoms with E-state index in [4.69, 9.17) is 33.0 Å². The maximum Gasteiger partial charge on any atom is 0.281 e. The number of fused-ring (bicyclic) bond motifs is 2. The predicted octanol–water partition coefficient (Wildman–Crippen LogP) is 5.46. The first-order chi connectivity index (χ1) is 12.6. The molecule has 1 aliphatic heterocycles. The van der Waals surface area contributed by atoms with Gasteiger partial charge in [-0.1, -0.05) is 48.9 Å². The second kappa shape index (κ2) is 7.40. The van der Waals surface area contributed by atoms with Crippen molar-refractivity contribution in [2.45, 2.75) is 63.3 Å². The molecule has 26 heavy (non-hydrogen) atoms. The Bertz CT molecular complexity index is 729. The summed E-state index contributed by atoms with van der Waals surface area (Å²) >= 11 is 12.1. The normalized spacial score (nSPS) is 24.3. The van der Waals surface area contributed by atoms with Crippen LogP contribution in [-0.4, -0.2) is 28.8 Å². The molecule has 2 fully saturated rings. The van der Waals surface area contributed by atoms with E-state index in [1.54, 1.807) is 23.2 Å². The van der Waals surface area contributed by atoms with Gasteiger partial charge in [-0.05, 0) is 50.3 Å². The molecule has 6 heteroatoms. The Labute approximate surface area is 164 Å². The van der Waals surface area contributed by atoms with Gasteiger partial charge in [0.05, 0.1) is 10.6 Å². The summed E-state index contributed by atoms with van der Waals surface area (Å²) < 4.78 is 5.70. The first-order valence-corrected chi connectivity index (χ1v) is 10.3. The number of rotatable bonds is 3. The summed E-state index contributed by atoms with van der Waals surface area (Å²) in [6.45, 7) is -0.0490. The maximum atomic E-state index is 13.0. The second-order valence-corrected chi connectivity index (χ2v) is 8.47. The molecule has 2 aliphatic carbocycles. The van der Waals surface area contributed by atoms with Crippen LogP contribution >= 0.6 is 23.2 Å². The Hall–Kier alpha value is -1.26. The number of hydrazone groups is 1. The van der Waals surface area contributed by atoms with Gasteiger partial charge in [0.25, 0.3) is 5.91 Å². The summed E-state index contributed by atoms with van der Waals surface area (Å²) in [4.78, 5) is 13.0. The Morgan fingerprint density at radius 1 is 1.19 bits per heavy atom. The van der Waals surface area contributed by atoms with E-state index < -0.39 is 0 Å². The van der Waals surface area contributed by atoms with Crippen molar-refractivity contribution in [3.05, 3.63) is 28.2 Å². The summed E-state index contributed by atoms with van der Waals surface area (Å²) in [5.74, 6) is 0.853. The van der Waals surface area contributed by atoms with E-state index >= 15 is 0 Å². The number of benzene rings is 1. The second-order valence-electron chi connectivity index (χ2n) is 7.62. The van der Waals surface area contributed by atoms with Gasteiger partial charge < -0.3 is 4.74 Å². The van der Waals surface area contributed by atoms with Crippen LogP contribution in [0, 0.1) is 5.92 Å². The van der Waals surface area contributed by atoms with E-state index in [2.05, 4.69) is 0 Å². The Kier molecular flexibility index (Phi) is 5.15. The van der Waals surface area contributed by atoms with Crippen LogP contribution in [0.15, 0.2) is 23.3 Å². The lowest BCUT2D eigenvalue weighted by Gasteiger charge is -2.44. The zero-order valence-corrected chi connectivity index (χ0v) is 16.4. The predicted molar refractivity (Wildman–Crippen MR) is 104 cm³/mol. The Morgan fingerprint density at radius 2 is 2.00 bits per heavy atom. The number of halogens is 2. The minimum Gasteiger partial charge on any atom is -0.482 e. The quantitative estimate of drug-likeness (QED) is 0.682. The topological polar surface area (TPSA) is 41.9 Å². The van der Waals surface area contributed by atoms with Crippen molar-refractivity contribution in [1.82, 2.24) is 5.01 Å². The molecule has 0 radical (unpaired) electrons. The number of ether oxygens (including phenoxy) is 1. The largest absolute Gasteiger partial charge is 0.482 e. The lowest BCUT2D eigenvalue weighted by atomic mass is 9.67. The van der Waals surface area contributed by atoms with Gasteiger partial charge in [0.1, 0.15) is 5.75 Å². The minimum atomic E-state index is -0.113. The average Bonchev–Trinajstić information content (AvgIpc) is 2.96. The zero-order valence-electron chi connectivity index (χ0n) is 14.8.